The summed E-state index contributed by atoms with van der Waals surface area (Å²) in [6.45, 7) is 0. The molecule has 3 aromatic heterocycles. The van der Waals surface area contributed by atoms with Gasteiger partial charge in [-0.2, -0.15) is 5.10 Å². The highest BCUT2D eigenvalue weighted by Gasteiger charge is 2.16. The molecular formula is C13H11ClN6O2. The fraction of sp³-hybridized carbons (Fsp3) is 0. The summed E-state index contributed by atoms with van der Waals surface area (Å²) in [5.41, 5.74) is 6.38. The van der Waals surface area contributed by atoms with E-state index in [4.69, 9.17) is 5.73 Å². The summed E-state index contributed by atoms with van der Waals surface area (Å²) in [6, 6.07) is 3.14. The van der Waals surface area contributed by atoms with E-state index in [1.165, 1.54) is 29.2 Å². The zero-order valence-corrected chi connectivity index (χ0v) is 11.9. The first-order chi connectivity index (χ1) is 10.2. The first kappa shape index (κ1) is 15.4. The largest absolute Gasteiger partial charge is 0.366 e. The molecule has 3 N–H and O–H groups in total. The third-order valence-corrected chi connectivity index (χ3v) is 2.86. The van der Waals surface area contributed by atoms with Crippen molar-refractivity contribution in [3.63, 3.8) is 0 Å². The zero-order chi connectivity index (χ0) is 14.8. The number of pyridine rings is 1. The van der Waals surface area contributed by atoms with Crippen molar-refractivity contribution in [2.24, 2.45) is 5.73 Å². The molecule has 9 heteroatoms. The van der Waals surface area contributed by atoms with Crippen LogP contribution in [0.4, 0.5) is 5.69 Å². The van der Waals surface area contributed by atoms with Crippen LogP contribution in [0.25, 0.3) is 5.65 Å². The molecule has 0 fully saturated rings. The number of nitrogens with one attached hydrogen (secondary N) is 1. The Morgan fingerprint density at radius 3 is 2.77 bits per heavy atom. The van der Waals surface area contributed by atoms with Crippen molar-refractivity contribution in [2.75, 3.05) is 5.32 Å². The molecule has 8 nitrogen and oxygen atoms in total. The Bertz CT molecular complexity index is 847. The molecule has 22 heavy (non-hydrogen) atoms. The fourth-order valence-corrected chi connectivity index (χ4v) is 1.89. The van der Waals surface area contributed by atoms with E-state index in [0.717, 1.165) is 0 Å². The number of nitrogens with two attached hydrogens (primary N) is 1. The van der Waals surface area contributed by atoms with Gasteiger partial charge in [0.25, 0.3) is 11.8 Å². The third-order valence-electron chi connectivity index (χ3n) is 2.86. The number of halogens is 1. The molecule has 0 saturated heterocycles. The van der Waals surface area contributed by atoms with E-state index in [1.54, 1.807) is 18.5 Å². The van der Waals surface area contributed by atoms with E-state index < -0.39 is 11.8 Å². The number of anilines is 1. The zero-order valence-electron chi connectivity index (χ0n) is 11.1. The minimum absolute atomic E-state index is 0. The molecule has 0 radical (unpaired) electrons. The van der Waals surface area contributed by atoms with Crippen LogP contribution >= 0.6 is 12.4 Å². The van der Waals surface area contributed by atoms with Crippen molar-refractivity contribution in [1.82, 2.24) is 19.6 Å². The van der Waals surface area contributed by atoms with Crippen LogP contribution in [-0.4, -0.2) is 31.4 Å². The Kier molecular flexibility index (Phi) is 4.33. The number of nitrogens with zero attached hydrogens (tertiary/aromatic N) is 4. The number of fused-ring (bicyclic) bond motifs is 1. The van der Waals surface area contributed by atoms with Gasteiger partial charge < -0.3 is 11.1 Å². The summed E-state index contributed by atoms with van der Waals surface area (Å²) in [5, 5.41) is 6.62. The van der Waals surface area contributed by atoms with Gasteiger partial charge >= 0.3 is 0 Å². The molecule has 0 atom stereocenters. The summed E-state index contributed by atoms with van der Waals surface area (Å²) >= 11 is 0. The summed E-state index contributed by atoms with van der Waals surface area (Å²) in [6.07, 6.45) is 7.42. The van der Waals surface area contributed by atoms with Crippen LogP contribution in [0.5, 0.6) is 0 Å². The molecule has 0 bridgehead atoms. The van der Waals surface area contributed by atoms with Crippen molar-refractivity contribution >= 4 is 35.6 Å². The van der Waals surface area contributed by atoms with Crippen LogP contribution < -0.4 is 11.1 Å². The molecular weight excluding hydrogens is 308 g/mol. The number of hydrogen-bond acceptors (Lipinski definition) is 5. The predicted octanol–water partition coefficient (Wildman–Crippen LogP) is 0.897. The SMILES string of the molecule is Cl.NC(=O)c1ccncc1NC(=O)c1cnn2cccnc12. The second kappa shape index (κ2) is 6.19. The fourth-order valence-electron chi connectivity index (χ4n) is 1.89. The van der Waals surface area contributed by atoms with Gasteiger partial charge in [0.15, 0.2) is 5.65 Å². The van der Waals surface area contributed by atoms with Gasteiger partial charge in [-0.3, -0.25) is 14.6 Å². The van der Waals surface area contributed by atoms with E-state index in [1.807, 2.05) is 0 Å². The molecule has 2 amide bonds. The number of amides is 2. The molecule has 112 valence electrons. The van der Waals surface area contributed by atoms with Crippen LogP contribution in [-0.2, 0) is 0 Å². The summed E-state index contributed by atoms with van der Waals surface area (Å²) in [4.78, 5) is 31.6. The highest BCUT2D eigenvalue weighted by Crippen LogP contribution is 2.15. The molecule has 0 unspecified atom stereocenters. The van der Waals surface area contributed by atoms with Gasteiger partial charge in [-0.15, -0.1) is 12.4 Å². The summed E-state index contributed by atoms with van der Waals surface area (Å²) in [5.74, 6) is -1.09. The second-order valence-electron chi connectivity index (χ2n) is 4.19. The maximum absolute atomic E-state index is 12.3. The molecule has 3 heterocycles. The van der Waals surface area contributed by atoms with E-state index in [-0.39, 0.29) is 29.2 Å². The summed E-state index contributed by atoms with van der Waals surface area (Å²) < 4.78 is 1.48. The Hall–Kier alpha value is -3.00. The third kappa shape index (κ3) is 2.72. The Labute approximate surface area is 130 Å². The number of rotatable bonds is 3. The lowest BCUT2D eigenvalue weighted by Gasteiger charge is -2.07. The number of carbonyl (C=O) groups is 2. The Balaban J connectivity index is 0.00000176. The molecule has 0 aliphatic carbocycles. The highest BCUT2D eigenvalue weighted by molar-refractivity contribution is 6.11. The maximum atomic E-state index is 12.3. The van der Waals surface area contributed by atoms with E-state index in [9.17, 15) is 9.59 Å². The van der Waals surface area contributed by atoms with Crippen LogP contribution in [0.1, 0.15) is 20.7 Å². The minimum Gasteiger partial charge on any atom is -0.366 e. The van der Waals surface area contributed by atoms with Crippen molar-refractivity contribution in [3.05, 3.63) is 54.2 Å². The lowest BCUT2D eigenvalue weighted by molar-refractivity contribution is 0.100. The number of primary amides is 1. The van der Waals surface area contributed by atoms with Crippen LogP contribution in [0.3, 0.4) is 0 Å². The van der Waals surface area contributed by atoms with Crippen LogP contribution in [0.2, 0.25) is 0 Å². The Morgan fingerprint density at radius 1 is 1.18 bits per heavy atom. The van der Waals surface area contributed by atoms with Gasteiger partial charge in [0.1, 0.15) is 5.56 Å². The predicted molar refractivity (Wildman–Crippen MR) is 80.9 cm³/mol. The molecule has 3 rings (SSSR count). The van der Waals surface area contributed by atoms with Gasteiger partial charge in [-0.25, -0.2) is 9.50 Å². The molecule has 0 aliphatic heterocycles. The monoisotopic (exact) mass is 318 g/mol. The lowest BCUT2D eigenvalue weighted by Crippen LogP contribution is -2.18. The van der Waals surface area contributed by atoms with Crippen molar-refractivity contribution in [3.8, 4) is 0 Å². The summed E-state index contributed by atoms with van der Waals surface area (Å²) in [7, 11) is 0. The van der Waals surface area contributed by atoms with Gasteiger partial charge in [0.2, 0.25) is 0 Å². The van der Waals surface area contributed by atoms with Crippen molar-refractivity contribution in [2.45, 2.75) is 0 Å². The normalized spacial score (nSPS) is 10.0. The van der Waals surface area contributed by atoms with Gasteiger partial charge in [-0.05, 0) is 12.1 Å². The molecule has 0 aromatic carbocycles. The first-order valence-electron chi connectivity index (χ1n) is 6.00. The van der Waals surface area contributed by atoms with Crippen molar-refractivity contribution in [1.29, 1.82) is 0 Å². The topological polar surface area (TPSA) is 115 Å². The lowest BCUT2D eigenvalue weighted by atomic mass is 10.2. The average molecular weight is 319 g/mol. The number of hydrogen-bond donors (Lipinski definition) is 2. The maximum Gasteiger partial charge on any atom is 0.261 e. The molecule has 0 aliphatic rings. The second-order valence-corrected chi connectivity index (χ2v) is 4.19. The van der Waals surface area contributed by atoms with E-state index >= 15 is 0 Å². The molecule has 3 aromatic rings. The number of carbonyl (C=O) groups excluding carboxylic acids is 2. The van der Waals surface area contributed by atoms with Gasteiger partial charge in [0.05, 0.1) is 23.6 Å². The van der Waals surface area contributed by atoms with E-state index in [0.29, 0.717) is 5.65 Å². The smallest absolute Gasteiger partial charge is 0.261 e. The van der Waals surface area contributed by atoms with Gasteiger partial charge in [-0.1, -0.05) is 0 Å². The van der Waals surface area contributed by atoms with Crippen LogP contribution in [0.15, 0.2) is 43.1 Å². The quantitative estimate of drug-likeness (QED) is 0.744. The number of aromatic nitrogens is 4. The first-order valence-corrected chi connectivity index (χ1v) is 6.00. The van der Waals surface area contributed by atoms with Crippen LogP contribution in [0, 0.1) is 0 Å². The van der Waals surface area contributed by atoms with Crippen molar-refractivity contribution < 1.29 is 9.59 Å². The molecule has 0 saturated carbocycles. The minimum atomic E-state index is -0.648. The molecule has 0 spiro atoms. The highest BCUT2D eigenvalue weighted by atomic mass is 35.5. The Morgan fingerprint density at radius 2 is 2.00 bits per heavy atom. The van der Waals surface area contributed by atoms with Gasteiger partial charge in [0, 0.05) is 18.6 Å². The standard InChI is InChI=1S/C13H10N6O2.ClH/c14-11(20)8-2-4-15-7-10(8)18-13(21)9-6-17-19-5-1-3-16-12(9)19;/h1-7H,(H2,14,20)(H,18,21);1H. The van der Waals surface area contributed by atoms with E-state index in [2.05, 4.69) is 20.4 Å². The average Bonchev–Trinajstić information content (AvgIpc) is 2.91.